The summed E-state index contributed by atoms with van der Waals surface area (Å²) in [6.45, 7) is 1.56. The summed E-state index contributed by atoms with van der Waals surface area (Å²) < 4.78 is 23.2. The molecule has 24 heavy (non-hydrogen) atoms. The number of aryl methyl sites for hydroxylation is 1. The summed E-state index contributed by atoms with van der Waals surface area (Å²) in [7, 11) is 1.33. The first-order chi connectivity index (χ1) is 11.5. The van der Waals surface area contributed by atoms with E-state index in [0.717, 1.165) is 18.1 Å². The van der Waals surface area contributed by atoms with Gasteiger partial charge in [-0.25, -0.2) is 9.18 Å². The first-order valence-electron chi connectivity index (χ1n) is 7.43. The molecule has 0 aliphatic rings. The van der Waals surface area contributed by atoms with Crippen molar-refractivity contribution in [3.63, 3.8) is 0 Å². The number of esters is 1. The summed E-state index contributed by atoms with van der Waals surface area (Å²) in [5.41, 5.74) is 1.72. The number of rotatable bonds is 6. The van der Waals surface area contributed by atoms with Gasteiger partial charge in [0.1, 0.15) is 0 Å². The van der Waals surface area contributed by atoms with E-state index in [1.165, 1.54) is 19.2 Å². The lowest BCUT2D eigenvalue weighted by molar-refractivity contribution is -0.119. The Hall–Kier alpha value is -2.89. The third-order valence-electron chi connectivity index (χ3n) is 3.34. The highest BCUT2D eigenvalue weighted by Gasteiger charge is 2.13. The van der Waals surface area contributed by atoms with Gasteiger partial charge in [0.2, 0.25) is 0 Å². The van der Waals surface area contributed by atoms with Crippen LogP contribution in [0.1, 0.15) is 22.8 Å². The number of hydrogen-bond donors (Lipinski definition) is 1. The van der Waals surface area contributed by atoms with Crippen LogP contribution in [-0.4, -0.2) is 25.6 Å². The lowest BCUT2D eigenvalue weighted by Crippen LogP contribution is -2.21. The molecule has 0 radical (unpaired) electrons. The van der Waals surface area contributed by atoms with Gasteiger partial charge in [0.05, 0.1) is 12.7 Å². The van der Waals surface area contributed by atoms with Gasteiger partial charge in [-0.2, -0.15) is 0 Å². The molecule has 126 valence electrons. The predicted octanol–water partition coefficient (Wildman–Crippen LogP) is 3.19. The van der Waals surface area contributed by atoms with Gasteiger partial charge in [0.25, 0.3) is 5.91 Å². The molecule has 0 atom stereocenters. The average Bonchev–Trinajstić information content (AvgIpc) is 2.59. The molecule has 0 aliphatic heterocycles. The van der Waals surface area contributed by atoms with Gasteiger partial charge >= 0.3 is 5.97 Å². The van der Waals surface area contributed by atoms with E-state index in [-0.39, 0.29) is 11.3 Å². The van der Waals surface area contributed by atoms with Crippen LogP contribution in [-0.2, 0) is 16.0 Å². The standard InChI is InChI=1S/C18H18FNO4/c1-3-12-5-4-6-14(9-12)20-17(21)11-24-18(22)13-7-8-16(23-2)15(19)10-13/h4-10H,3,11H2,1-2H3,(H,20,21). The molecule has 2 rings (SSSR count). The summed E-state index contributed by atoms with van der Waals surface area (Å²) in [5.74, 6) is -1.90. The fraction of sp³-hybridized carbons (Fsp3) is 0.222. The van der Waals surface area contributed by atoms with Gasteiger partial charge < -0.3 is 14.8 Å². The van der Waals surface area contributed by atoms with Crippen molar-refractivity contribution in [1.29, 1.82) is 0 Å². The molecule has 0 unspecified atom stereocenters. The van der Waals surface area contributed by atoms with E-state index in [4.69, 9.17) is 9.47 Å². The zero-order valence-corrected chi connectivity index (χ0v) is 13.5. The van der Waals surface area contributed by atoms with Crippen LogP contribution in [0.3, 0.4) is 0 Å². The van der Waals surface area contributed by atoms with Crippen molar-refractivity contribution in [3.8, 4) is 5.75 Å². The summed E-state index contributed by atoms with van der Waals surface area (Å²) >= 11 is 0. The SMILES string of the molecule is CCc1cccc(NC(=O)COC(=O)c2ccc(OC)c(F)c2)c1. The van der Waals surface area contributed by atoms with Crippen molar-refractivity contribution in [2.24, 2.45) is 0 Å². The second-order valence-corrected chi connectivity index (χ2v) is 5.03. The van der Waals surface area contributed by atoms with Crippen molar-refractivity contribution in [2.75, 3.05) is 19.0 Å². The van der Waals surface area contributed by atoms with Gasteiger partial charge in [0, 0.05) is 5.69 Å². The second-order valence-electron chi connectivity index (χ2n) is 5.03. The maximum Gasteiger partial charge on any atom is 0.338 e. The quantitative estimate of drug-likeness (QED) is 0.826. The smallest absolute Gasteiger partial charge is 0.338 e. The Balaban J connectivity index is 1.91. The average molecular weight is 331 g/mol. The zero-order chi connectivity index (χ0) is 17.5. The number of nitrogens with one attached hydrogen (secondary N) is 1. The Morgan fingerprint density at radius 2 is 1.96 bits per heavy atom. The topological polar surface area (TPSA) is 64.6 Å². The fourth-order valence-electron chi connectivity index (χ4n) is 2.07. The van der Waals surface area contributed by atoms with E-state index in [1.54, 1.807) is 6.07 Å². The molecule has 0 aliphatic carbocycles. The third kappa shape index (κ3) is 4.55. The van der Waals surface area contributed by atoms with Crippen LogP contribution in [0.15, 0.2) is 42.5 Å². The molecule has 0 heterocycles. The molecule has 0 saturated carbocycles. The van der Waals surface area contributed by atoms with Gasteiger partial charge in [-0.3, -0.25) is 4.79 Å². The number of hydrogen-bond acceptors (Lipinski definition) is 4. The molecule has 0 spiro atoms. The maximum absolute atomic E-state index is 13.6. The molecule has 1 N–H and O–H groups in total. The molecule has 0 aromatic heterocycles. The first-order valence-corrected chi connectivity index (χ1v) is 7.43. The largest absolute Gasteiger partial charge is 0.494 e. The van der Waals surface area contributed by atoms with Crippen LogP contribution in [0, 0.1) is 5.82 Å². The molecule has 5 nitrogen and oxygen atoms in total. The predicted molar refractivity (Wildman–Crippen MR) is 87.7 cm³/mol. The lowest BCUT2D eigenvalue weighted by atomic mass is 10.1. The Labute approximate surface area is 139 Å². The number of benzene rings is 2. The van der Waals surface area contributed by atoms with Crippen molar-refractivity contribution < 1.29 is 23.5 Å². The summed E-state index contributed by atoms with van der Waals surface area (Å²) in [6.07, 6.45) is 0.849. The van der Waals surface area contributed by atoms with Crippen LogP contribution in [0.2, 0.25) is 0 Å². The number of amides is 1. The molecule has 2 aromatic carbocycles. The van der Waals surface area contributed by atoms with E-state index in [9.17, 15) is 14.0 Å². The van der Waals surface area contributed by atoms with Crippen molar-refractivity contribution in [2.45, 2.75) is 13.3 Å². The molecule has 1 amide bonds. The fourth-order valence-corrected chi connectivity index (χ4v) is 2.07. The highest BCUT2D eigenvalue weighted by atomic mass is 19.1. The Morgan fingerprint density at radius 3 is 2.62 bits per heavy atom. The molecule has 0 fully saturated rings. The van der Waals surface area contributed by atoms with Crippen molar-refractivity contribution >= 4 is 17.6 Å². The highest BCUT2D eigenvalue weighted by Crippen LogP contribution is 2.18. The van der Waals surface area contributed by atoms with Crippen LogP contribution in [0.4, 0.5) is 10.1 Å². The second kappa shape index (κ2) is 8.10. The minimum atomic E-state index is -0.783. The van der Waals surface area contributed by atoms with E-state index >= 15 is 0 Å². The van der Waals surface area contributed by atoms with E-state index in [2.05, 4.69) is 5.32 Å². The van der Waals surface area contributed by atoms with Crippen molar-refractivity contribution in [1.82, 2.24) is 0 Å². The van der Waals surface area contributed by atoms with Crippen LogP contribution in [0.5, 0.6) is 5.75 Å². The molecule has 6 heteroatoms. The van der Waals surface area contributed by atoms with Crippen LogP contribution >= 0.6 is 0 Å². The number of ether oxygens (including phenoxy) is 2. The van der Waals surface area contributed by atoms with E-state index < -0.39 is 24.3 Å². The van der Waals surface area contributed by atoms with Crippen LogP contribution < -0.4 is 10.1 Å². The maximum atomic E-state index is 13.6. The summed E-state index contributed by atoms with van der Waals surface area (Å²) in [4.78, 5) is 23.7. The minimum absolute atomic E-state index is 0.00841. The molecular formula is C18H18FNO4. The molecule has 0 saturated heterocycles. The van der Waals surface area contributed by atoms with Gasteiger partial charge in [-0.1, -0.05) is 19.1 Å². The summed E-state index contributed by atoms with van der Waals surface area (Å²) in [5, 5.41) is 2.64. The van der Waals surface area contributed by atoms with E-state index in [1.807, 2.05) is 25.1 Å². The van der Waals surface area contributed by atoms with E-state index in [0.29, 0.717) is 5.69 Å². The molecule has 0 bridgehead atoms. The zero-order valence-electron chi connectivity index (χ0n) is 13.5. The van der Waals surface area contributed by atoms with Crippen LogP contribution in [0.25, 0.3) is 0 Å². The number of methoxy groups -OCH3 is 1. The summed E-state index contributed by atoms with van der Waals surface area (Å²) in [6, 6.07) is 11.1. The molecular weight excluding hydrogens is 313 g/mol. The number of anilines is 1. The molecule has 2 aromatic rings. The number of halogens is 1. The number of carbonyl (C=O) groups excluding carboxylic acids is 2. The Kier molecular flexibility index (Phi) is 5.89. The third-order valence-corrected chi connectivity index (χ3v) is 3.34. The minimum Gasteiger partial charge on any atom is -0.494 e. The Morgan fingerprint density at radius 1 is 1.17 bits per heavy atom. The normalized spacial score (nSPS) is 10.1. The van der Waals surface area contributed by atoms with Gasteiger partial charge in [-0.15, -0.1) is 0 Å². The monoisotopic (exact) mass is 331 g/mol. The Bertz CT molecular complexity index is 746. The highest BCUT2D eigenvalue weighted by molar-refractivity contribution is 5.95. The van der Waals surface area contributed by atoms with Crippen molar-refractivity contribution in [3.05, 3.63) is 59.4 Å². The van der Waals surface area contributed by atoms with Gasteiger partial charge in [-0.05, 0) is 42.3 Å². The lowest BCUT2D eigenvalue weighted by Gasteiger charge is -2.08. The first kappa shape index (κ1) is 17.5. The number of carbonyl (C=O) groups is 2. The van der Waals surface area contributed by atoms with Gasteiger partial charge in [0.15, 0.2) is 18.2 Å².